The molecular formula is C10H19NO4. The van der Waals surface area contributed by atoms with Gasteiger partial charge < -0.3 is 19.9 Å². The van der Waals surface area contributed by atoms with E-state index in [1.54, 1.807) is 20.8 Å². The highest BCUT2D eigenvalue weighted by Gasteiger charge is 2.27. The number of rotatable bonds is 1. The quantitative estimate of drug-likeness (QED) is 0.677. The Kier molecular flexibility index (Phi) is 3.93. The number of alkyl carbamates (subject to hydrolysis) is 1. The van der Waals surface area contributed by atoms with Crippen LogP contribution in [-0.2, 0) is 9.47 Å². The summed E-state index contributed by atoms with van der Waals surface area (Å²) in [5, 5.41) is 12.2. The molecule has 0 bridgehead atoms. The Morgan fingerprint density at radius 2 is 2.20 bits per heavy atom. The van der Waals surface area contributed by atoms with E-state index in [0.29, 0.717) is 19.6 Å². The van der Waals surface area contributed by atoms with Gasteiger partial charge in [-0.3, -0.25) is 0 Å². The summed E-state index contributed by atoms with van der Waals surface area (Å²) in [5.41, 5.74) is -0.523. The van der Waals surface area contributed by atoms with Crippen LogP contribution >= 0.6 is 0 Å². The van der Waals surface area contributed by atoms with E-state index in [1.807, 2.05) is 0 Å². The topological polar surface area (TPSA) is 67.8 Å². The summed E-state index contributed by atoms with van der Waals surface area (Å²) < 4.78 is 10.2. The van der Waals surface area contributed by atoms with Crippen LogP contribution in [-0.4, -0.2) is 42.2 Å². The van der Waals surface area contributed by atoms with Gasteiger partial charge in [0.1, 0.15) is 5.60 Å². The van der Waals surface area contributed by atoms with Crippen molar-refractivity contribution in [3.05, 3.63) is 0 Å². The third-order valence-corrected chi connectivity index (χ3v) is 2.02. The number of hydrogen-bond donors (Lipinski definition) is 2. The first kappa shape index (κ1) is 12.3. The average molecular weight is 217 g/mol. The van der Waals surface area contributed by atoms with E-state index in [0.717, 1.165) is 0 Å². The zero-order valence-corrected chi connectivity index (χ0v) is 9.45. The fourth-order valence-corrected chi connectivity index (χ4v) is 1.32. The van der Waals surface area contributed by atoms with Crippen molar-refractivity contribution in [3.63, 3.8) is 0 Å². The molecule has 0 aliphatic carbocycles. The molecule has 1 amide bonds. The van der Waals surface area contributed by atoms with E-state index in [9.17, 15) is 9.90 Å². The minimum absolute atomic E-state index is 0.334. The maximum Gasteiger partial charge on any atom is 0.408 e. The molecule has 0 saturated carbocycles. The molecule has 5 nitrogen and oxygen atoms in total. The fourth-order valence-electron chi connectivity index (χ4n) is 1.32. The van der Waals surface area contributed by atoms with Gasteiger partial charge in [-0.15, -0.1) is 0 Å². The summed E-state index contributed by atoms with van der Waals surface area (Å²) >= 11 is 0. The van der Waals surface area contributed by atoms with Gasteiger partial charge >= 0.3 is 6.09 Å². The van der Waals surface area contributed by atoms with E-state index in [2.05, 4.69) is 5.32 Å². The molecule has 1 aliphatic rings. The van der Waals surface area contributed by atoms with Gasteiger partial charge in [-0.25, -0.2) is 4.79 Å². The van der Waals surface area contributed by atoms with Crippen LogP contribution < -0.4 is 5.32 Å². The minimum Gasteiger partial charge on any atom is -0.444 e. The number of carbonyl (C=O) groups excluding carboxylic acids is 1. The molecular weight excluding hydrogens is 198 g/mol. The lowest BCUT2D eigenvalue weighted by atomic mass is 10.1. The molecule has 15 heavy (non-hydrogen) atoms. The van der Waals surface area contributed by atoms with Gasteiger partial charge in [0.2, 0.25) is 0 Å². The van der Waals surface area contributed by atoms with Crippen LogP contribution in [0.1, 0.15) is 27.2 Å². The van der Waals surface area contributed by atoms with Crippen molar-refractivity contribution in [1.29, 1.82) is 0 Å². The molecule has 1 aliphatic heterocycles. The van der Waals surface area contributed by atoms with Crippen LogP contribution in [0.3, 0.4) is 0 Å². The van der Waals surface area contributed by atoms with Crippen LogP contribution in [0.4, 0.5) is 4.79 Å². The number of aliphatic hydroxyl groups is 1. The van der Waals surface area contributed by atoms with Gasteiger partial charge in [0.15, 0.2) is 0 Å². The van der Waals surface area contributed by atoms with Gasteiger partial charge in [-0.05, 0) is 27.2 Å². The van der Waals surface area contributed by atoms with Crippen molar-refractivity contribution < 1.29 is 19.4 Å². The van der Waals surface area contributed by atoms with E-state index in [-0.39, 0.29) is 6.04 Å². The van der Waals surface area contributed by atoms with Crippen molar-refractivity contribution in [2.75, 3.05) is 13.2 Å². The monoisotopic (exact) mass is 217 g/mol. The zero-order chi connectivity index (χ0) is 11.5. The zero-order valence-electron chi connectivity index (χ0n) is 9.45. The second kappa shape index (κ2) is 4.81. The van der Waals surface area contributed by atoms with Crippen LogP contribution in [0, 0.1) is 0 Å². The SMILES string of the molecule is CC(C)(C)OC(=O)N[C@H]1COCC[C@H]1O. The summed E-state index contributed by atoms with van der Waals surface area (Å²) in [5.74, 6) is 0. The first-order valence-electron chi connectivity index (χ1n) is 5.14. The predicted octanol–water partition coefficient (Wildman–Crippen LogP) is 0.661. The lowest BCUT2D eigenvalue weighted by Gasteiger charge is -2.29. The Morgan fingerprint density at radius 3 is 2.73 bits per heavy atom. The molecule has 1 rings (SSSR count). The molecule has 0 aromatic carbocycles. The number of nitrogens with one attached hydrogen (secondary N) is 1. The predicted molar refractivity (Wildman–Crippen MR) is 54.6 cm³/mol. The molecule has 1 fully saturated rings. The smallest absolute Gasteiger partial charge is 0.408 e. The Labute approximate surface area is 89.8 Å². The maximum absolute atomic E-state index is 11.4. The molecule has 0 aromatic heterocycles. The van der Waals surface area contributed by atoms with Crippen molar-refractivity contribution in [3.8, 4) is 0 Å². The highest BCUT2D eigenvalue weighted by molar-refractivity contribution is 5.68. The summed E-state index contributed by atoms with van der Waals surface area (Å²) in [6.45, 7) is 6.25. The second-order valence-electron chi connectivity index (χ2n) is 4.68. The third-order valence-electron chi connectivity index (χ3n) is 2.02. The molecule has 2 atom stereocenters. The second-order valence-corrected chi connectivity index (χ2v) is 4.68. The van der Waals surface area contributed by atoms with Gasteiger partial charge in [0.05, 0.1) is 18.8 Å². The third kappa shape index (κ3) is 4.48. The standard InChI is InChI=1S/C10H19NO4/c1-10(2,3)15-9(13)11-7-6-14-5-4-8(7)12/h7-8,12H,4-6H2,1-3H3,(H,11,13)/t7-,8+/m0/s1. The number of hydrogen-bond acceptors (Lipinski definition) is 4. The fraction of sp³-hybridized carbons (Fsp3) is 0.900. The van der Waals surface area contributed by atoms with Gasteiger partial charge in [-0.1, -0.05) is 0 Å². The average Bonchev–Trinajstić information content (AvgIpc) is 2.05. The van der Waals surface area contributed by atoms with E-state index >= 15 is 0 Å². The maximum atomic E-state index is 11.4. The summed E-state index contributed by atoms with van der Waals surface area (Å²) in [7, 11) is 0. The lowest BCUT2D eigenvalue weighted by Crippen LogP contribution is -2.50. The van der Waals surface area contributed by atoms with E-state index in [4.69, 9.17) is 9.47 Å². The molecule has 2 N–H and O–H groups in total. The van der Waals surface area contributed by atoms with Crippen molar-refractivity contribution in [1.82, 2.24) is 5.32 Å². The first-order valence-corrected chi connectivity index (χ1v) is 5.14. The minimum atomic E-state index is -0.550. The Balaban J connectivity index is 2.36. The Bertz CT molecular complexity index is 224. The van der Waals surface area contributed by atoms with Crippen LogP contribution in [0.25, 0.3) is 0 Å². The molecule has 0 unspecified atom stereocenters. The molecule has 1 saturated heterocycles. The van der Waals surface area contributed by atoms with Crippen molar-refractivity contribution in [2.45, 2.75) is 44.9 Å². The van der Waals surface area contributed by atoms with Gasteiger partial charge in [-0.2, -0.15) is 0 Å². The van der Waals surface area contributed by atoms with Crippen LogP contribution in [0.15, 0.2) is 0 Å². The van der Waals surface area contributed by atoms with Crippen LogP contribution in [0.2, 0.25) is 0 Å². The normalized spacial score (nSPS) is 27.2. The number of amides is 1. The Hall–Kier alpha value is -0.810. The summed E-state index contributed by atoms with van der Waals surface area (Å²) in [6.07, 6.45) is -0.524. The van der Waals surface area contributed by atoms with Gasteiger partial charge in [0, 0.05) is 6.61 Å². The molecule has 1 heterocycles. The Morgan fingerprint density at radius 1 is 1.53 bits per heavy atom. The van der Waals surface area contributed by atoms with E-state index < -0.39 is 17.8 Å². The lowest BCUT2D eigenvalue weighted by molar-refractivity contribution is -0.0211. The summed E-state index contributed by atoms with van der Waals surface area (Å²) in [4.78, 5) is 11.4. The molecule has 0 radical (unpaired) electrons. The highest BCUT2D eigenvalue weighted by Crippen LogP contribution is 2.10. The van der Waals surface area contributed by atoms with Crippen molar-refractivity contribution in [2.24, 2.45) is 0 Å². The van der Waals surface area contributed by atoms with Crippen molar-refractivity contribution >= 4 is 6.09 Å². The summed E-state index contributed by atoms with van der Waals surface area (Å²) in [6, 6.07) is -0.367. The number of ether oxygens (including phenoxy) is 2. The molecule has 0 aromatic rings. The van der Waals surface area contributed by atoms with Gasteiger partial charge in [0.25, 0.3) is 0 Å². The number of aliphatic hydroxyl groups excluding tert-OH is 1. The first-order chi connectivity index (χ1) is 6.88. The highest BCUT2D eigenvalue weighted by atomic mass is 16.6. The molecule has 0 spiro atoms. The molecule has 5 heteroatoms. The van der Waals surface area contributed by atoms with Crippen LogP contribution in [0.5, 0.6) is 0 Å². The van der Waals surface area contributed by atoms with E-state index in [1.165, 1.54) is 0 Å². The number of carbonyl (C=O) groups is 1. The molecule has 88 valence electrons. The largest absolute Gasteiger partial charge is 0.444 e.